The third-order valence-corrected chi connectivity index (χ3v) is 5.11. The number of piperazine rings is 1. The van der Waals surface area contributed by atoms with E-state index in [4.69, 9.17) is 4.42 Å². The minimum atomic E-state index is -0.280. The van der Waals surface area contributed by atoms with Gasteiger partial charge < -0.3 is 14.2 Å². The molecule has 5 rings (SSSR count). The lowest BCUT2D eigenvalue weighted by molar-refractivity contribution is 0.0715. The topological polar surface area (TPSA) is 97.4 Å². The summed E-state index contributed by atoms with van der Waals surface area (Å²) < 4.78 is 7.33. The number of amides is 1. The summed E-state index contributed by atoms with van der Waals surface area (Å²) in [5.41, 5.74) is 0.200. The Hall–Kier alpha value is -4.01. The first-order valence-corrected chi connectivity index (χ1v) is 9.60. The average Bonchev–Trinajstić information content (AvgIpc) is 3.34. The van der Waals surface area contributed by atoms with Crippen LogP contribution in [-0.2, 0) is 0 Å². The van der Waals surface area contributed by atoms with Crippen molar-refractivity contribution >= 4 is 22.7 Å². The summed E-state index contributed by atoms with van der Waals surface area (Å²) >= 11 is 0. The third kappa shape index (κ3) is 3.30. The molecule has 30 heavy (non-hydrogen) atoms. The molecule has 0 saturated carbocycles. The van der Waals surface area contributed by atoms with Gasteiger partial charge in [-0.25, -0.2) is 4.68 Å². The maximum Gasteiger partial charge on any atom is 0.289 e. The van der Waals surface area contributed by atoms with E-state index in [1.165, 1.54) is 6.07 Å². The molecule has 0 N–H and O–H groups in total. The van der Waals surface area contributed by atoms with E-state index in [1.54, 1.807) is 46.2 Å². The minimum Gasteiger partial charge on any atom is -0.451 e. The highest BCUT2D eigenvalue weighted by molar-refractivity contribution is 5.93. The quantitative estimate of drug-likeness (QED) is 0.515. The summed E-state index contributed by atoms with van der Waals surface area (Å²) in [6.45, 7) is 2.22. The first-order chi connectivity index (χ1) is 14.7. The van der Waals surface area contributed by atoms with Gasteiger partial charge in [-0.3, -0.25) is 9.59 Å². The van der Waals surface area contributed by atoms with Gasteiger partial charge in [-0.15, -0.1) is 10.2 Å². The van der Waals surface area contributed by atoms with Crippen LogP contribution in [0.4, 0.5) is 5.82 Å². The molecule has 0 bridgehead atoms. The number of hydrogen-bond acceptors (Lipinski definition) is 7. The van der Waals surface area contributed by atoms with Crippen molar-refractivity contribution in [1.82, 2.24) is 24.9 Å². The summed E-state index contributed by atoms with van der Waals surface area (Å²) in [4.78, 5) is 28.9. The molecule has 0 atom stereocenters. The number of carbonyl (C=O) groups excluding carboxylic acids is 1. The number of carbonyl (C=O) groups is 1. The van der Waals surface area contributed by atoms with Crippen LogP contribution in [0.25, 0.3) is 16.8 Å². The Bertz CT molecular complexity index is 1240. The normalized spacial score (nSPS) is 14.3. The lowest BCUT2D eigenvalue weighted by Crippen LogP contribution is -2.49. The van der Waals surface area contributed by atoms with Gasteiger partial charge in [0.05, 0.1) is 5.39 Å². The van der Waals surface area contributed by atoms with E-state index in [-0.39, 0.29) is 17.1 Å². The highest BCUT2D eigenvalue weighted by Gasteiger charge is 2.25. The molecule has 9 nitrogen and oxygen atoms in total. The van der Waals surface area contributed by atoms with E-state index in [9.17, 15) is 9.59 Å². The van der Waals surface area contributed by atoms with E-state index < -0.39 is 0 Å². The van der Waals surface area contributed by atoms with Gasteiger partial charge in [0.25, 0.3) is 5.91 Å². The molecule has 9 heteroatoms. The molecule has 4 heterocycles. The van der Waals surface area contributed by atoms with Crippen molar-refractivity contribution in [2.45, 2.75) is 0 Å². The molecule has 0 radical (unpaired) electrons. The van der Waals surface area contributed by atoms with E-state index in [2.05, 4.69) is 20.2 Å². The summed E-state index contributed by atoms with van der Waals surface area (Å²) in [5, 5.41) is 13.1. The predicted octanol–water partition coefficient (Wildman–Crippen LogP) is 1.73. The molecule has 1 aliphatic heterocycles. The second kappa shape index (κ2) is 7.43. The largest absolute Gasteiger partial charge is 0.451 e. The highest BCUT2D eigenvalue weighted by Crippen LogP contribution is 2.17. The minimum absolute atomic E-state index is 0.0653. The van der Waals surface area contributed by atoms with Crippen LogP contribution in [0, 0.1) is 0 Å². The SMILES string of the molecule is O=C(c1cc(=O)c2ccccc2o1)N1CCN(c2ccc(-n3cccn3)nn2)CC1. The lowest BCUT2D eigenvalue weighted by atomic mass is 10.2. The van der Waals surface area contributed by atoms with Gasteiger partial charge in [-0.05, 0) is 30.3 Å². The Morgan fingerprint density at radius 1 is 0.933 bits per heavy atom. The van der Waals surface area contributed by atoms with Crippen LogP contribution < -0.4 is 10.3 Å². The molecule has 1 amide bonds. The van der Waals surface area contributed by atoms with Crippen LogP contribution in [0.1, 0.15) is 10.6 Å². The van der Waals surface area contributed by atoms with Crippen molar-refractivity contribution in [1.29, 1.82) is 0 Å². The molecule has 0 spiro atoms. The van der Waals surface area contributed by atoms with Crippen molar-refractivity contribution in [3.8, 4) is 5.82 Å². The second-order valence-electron chi connectivity index (χ2n) is 6.95. The monoisotopic (exact) mass is 402 g/mol. The zero-order valence-corrected chi connectivity index (χ0v) is 16.0. The molecule has 1 aromatic carbocycles. The number of fused-ring (bicyclic) bond motifs is 1. The summed E-state index contributed by atoms with van der Waals surface area (Å²) in [5.74, 6) is 1.17. The summed E-state index contributed by atoms with van der Waals surface area (Å²) in [6, 6.07) is 13.8. The zero-order chi connectivity index (χ0) is 20.5. The number of aromatic nitrogens is 4. The fourth-order valence-electron chi connectivity index (χ4n) is 3.52. The molecule has 1 aliphatic rings. The molecule has 1 fully saturated rings. The molecule has 0 unspecified atom stereocenters. The molecular weight excluding hydrogens is 384 g/mol. The van der Waals surface area contributed by atoms with E-state index in [0.29, 0.717) is 43.0 Å². The van der Waals surface area contributed by atoms with Crippen LogP contribution in [0.5, 0.6) is 0 Å². The van der Waals surface area contributed by atoms with Gasteiger partial charge in [0.1, 0.15) is 5.58 Å². The number of anilines is 1. The Balaban J connectivity index is 1.28. The fourth-order valence-corrected chi connectivity index (χ4v) is 3.52. The average molecular weight is 402 g/mol. The Labute approximate surface area is 171 Å². The molecule has 1 saturated heterocycles. The van der Waals surface area contributed by atoms with Crippen molar-refractivity contribution in [2.24, 2.45) is 0 Å². The smallest absolute Gasteiger partial charge is 0.289 e. The highest BCUT2D eigenvalue weighted by atomic mass is 16.3. The van der Waals surface area contributed by atoms with Gasteiger partial charge in [-0.2, -0.15) is 5.10 Å². The number of hydrogen-bond donors (Lipinski definition) is 0. The van der Waals surface area contributed by atoms with Gasteiger partial charge >= 0.3 is 0 Å². The number of para-hydroxylation sites is 1. The molecule has 4 aromatic rings. The van der Waals surface area contributed by atoms with Crippen LogP contribution in [0.15, 0.2) is 70.1 Å². The van der Waals surface area contributed by atoms with E-state index in [0.717, 1.165) is 5.82 Å². The van der Waals surface area contributed by atoms with E-state index in [1.807, 2.05) is 18.2 Å². The molecule has 150 valence electrons. The number of rotatable bonds is 3. The van der Waals surface area contributed by atoms with Crippen LogP contribution >= 0.6 is 0 Å². The van der Waals surface area contributed by atoms with Gasteiger partial charge in [0.15, 0.2) is 22.8 Å². The van der Waals surface area contributed by atoms with Crippen molar-refractivity contribution in [2.75, 3.05) is 31.1 Å². The number of nitrogens with zero attached hydrogens (tertiary/aromatic N) is 6. The maximum absolute atomic E-state index is 12.9. The fraction of sp³-hybridized carbons (Fsp3) is 0.190. The van der Waals surface area contributed by atoms with Crippen LogP contribution in [0.2, 0.25) is 0 Å². The molecular formula is C21H18N6O3. The Kier molecular flexibility index (Phi) is 4.47. The van der Waals surface area contributed by atoms with Crippen molar-refractivity contribution in [3.63, 3.8) is 0 Å². The van der Waals surface area contributed by atoms with Crippen LogP contribution in [-0.4, -0.2) is 57.0 Å². The van der Waals surface area contributed by atoms with E-state index >= 15 is 0 Å². The zero-order valence-electron chi connectivity index (χ0n) is 16.0. The van der Waals surface area contributed by atoms with Crippen molar-refractivity contribution in [3.05, 3.63) is 76.9 Å². The first-order valence-electron chi connectivity index (χ1n) is 9.60. The second-order valence-corrected chi connectivity index (χ2v) is 6.95. The summed E-state index contributed by atoms with van der Waals surface area (Å²) in [7, 11) is 0. The van der Waals surface area contributed by atoms with Gasteiger partial charge in [0, 0.05) is 44.6 Å². The first kappa shape index (κ1) is 18.0. The molecule has 3 aromatic heterocycles. The third-order valence-electron chi connectivity index (χ3n) is 5.11. The van der Waals surface area contributed by atoms with Crippen LogP contribution in [0.3, 0.4) is 0 Å². The summed E-state index contributed by atoms with van der Waals surface area (Å²) in [6.07, 6.45) is 3.49. The lowest BCUT2D eigenvalue weighted by Gasteiger charge is -2.34. The maximum atomic E-state index is 12.9. The Morgan fingerprint density at radius 2 is 1.70 bits per heavy atom. The molecule has 0 aliphatic carbocycles. The Morgan fingerprint density at radius 3 is 2.43 bits per heavy atom. The standard InChI is InChI=1S/C21H18N6O3/c28-16-14-18(30-17-5-2-1-4-15(16)17)21(29)26-12-10-25(11-13-26)19-6-7-20(24-23-19)27-9-3-8-22-27/h1-9,14H,10-13H2. The number of benzene rings is 1. The van der Waals surface area contributed by atoms with Gasteiger partial charge in [-0.1, -0.05) is 12.1 Å². The van der Waals surface area contributed by atoms with Gasteiger partial charge in [0.2, 0.25) is 0 Å². The predicted molar refractivity (Wildman–Crippen MR) is 110 cm³/mol. The van der Waals surface area contributed by atoms with Crippen molar-refractivity contribution < 1.29 is 9.21 Å².